The minimum Gasteiger partial charge on any atom is -0.491 e. The Hall–Kier alpha value is -1.89. The van der Waals surface area contributed by atoms with Gasteiger partial charge in [0.05, 0.1) is 12.2 Å². The van der Waals surface area contributed by atoms with E-state index >= 15 is 0 Å². The summed E-state index contributed by atoms with van der Waals surface area (Å²) in [6.07, 6.45) is 10.8. The second-order valence-corrected chi connectivity index (χ2v) is 15.6. The summed E-state index contributed by atoms with van der Waals surface area (Å²) in [5.74, 6) is 0.225. The van der Waals surface area contributed by atoms with Crippen LogP contribution < -0.4 is 4.74 Å². The lowest BCUT2D eigenvalue weighted by Gasteiger charge is -2.39. The average Bonchev–Trinajstić information content (AvgIpc) is 3.11. The Bertz CT molecular complexity index is 810. The van der Waals surface area contributed by atoms with Gasteiger partial charge in [0.15, 0.2) is 8.32 Å². The van der Waals surface area contributed by atoms with Crippen LogP contribution in [0.4, 0.5) is 0 Å². The largest absolute Gasteiger partial charge is 0.491 e. The molecule has 1 aromatic carbocycles. The standard InChI is InChI=1S/C28H44O5Si/c1-28(2,3)34(4,5)33-24(21-32-23-13-9-8-10-14-23)19-17-22-18-20-26(29)25(22)15-11-6-7-12-16-27(30)31/h6,8-11,13-14,18,24-26,29H,7,12,15-17,19-21H2,1-5H3,(H,30,31)/b11-6-/t24-,25-,26+/m1/s1. The molecular weight excluding hydrogens is 444 g/mol. The Labute approximate surface area is 207 Å². The van der Waals surface area contributed by atoms with Crippen molar-refractivity contribution in [3.8, 4) is 5.75 Å². The van der Waals surface area contributed by atoms with Crippen LogP contribution in [-0.2, 0) is 9.22 Å². The molecule has 0 fully saturated rings. The number of aliphatic carboxylic acids is 1. The van der Waals surface area contributed by atoms with E-state index in [2.05, 4.69) is 46.0 Å². The molecule has 0 spiro atoms. The molecule has 0 saturated heterocycles. The number of rotatable bonds is 14. The van der Waals surface area contributed by atoms with Crippen molar-refractivity contribution < 1.29 is 24.2 Å². The predicted octanol–water partition coefficient (Wildman–Crippen LogP) is 6.74. The van der Waals surface area contributed by atoms with Gasteiger partial charge in [0.1, 0.15) is 12.4 Å². The summed E-state index contributed by atoms with van der Waals surface area (Å²) in [4.78, 5) is 10.6. The maximum absolute atomic E-state index is 10.6. The topological polar surface area (TPSA) is 76.0 Å². The van der Waals surface area contributed by atoms with Crippen LogP contribution in [-0.4, -0.2) is 43.3 Å². The molecule has 0 heterocycles. The van der Waals surface area contributed by atoms with Crippen molar-refractivity contribution in [2.45, 2.75) is 96.1 Å². The molecular formula is C28H44O5Si. The number of allylic oxidation sites excluding steroid dienone is 2. The fourth-order valence-corrected chi connectivity index (χ4v) is 5.34. The van der Waals surface area contributed by atoms with E-state index in [4.69, 9.17) is 14.3 Å². The van der Waals surface area contributed by atoms with Gasteiger partial charge in [0, 0.05) is 12.3 Å². The maximum Gasteiger partial charge on any atom is 0.303 e. The average molecular weight is 489 g/mol. The number of hydrogen-bond acceptors (Lipinski definition) is 4. The minimum atomic E-state index is -1.96. The van der Waals surface area contributed by atoms with E-state index < -0.39 is 14.3 Å². The molecule has 3 atom stereocenters. The van der Waals surface area contributed by atoms with Crippen LogP contribution in [0.2, 0.25) is 18.1 Å². The number of carbonyl (C=O) groups is 1. The van der Waals surface area contributed by atoms with E-state index in [1.165, 1.54) is 5.57 Å². The third-order valence-electron chi connectivity index (χ3n) is 7.08. The Morgan fingerprint density at radius 2 is 1.91 bits per heavy atom. The minimum absolute atomic E-state index is 0.00745. The van der Waals surface area contributed by atoms with Gasteiger partial charge in [-0.3, -0.25) is 4.79 Å². The van der Waals surface area contributed by atoms with Gasteiger partial charge in [0.2, 0.25) is 0 Å². The summed E-state index contributed by atoms with van der Waals surface area (Å²) >= 11 is 0. The van der Waals surface area contributed by atoms with Gasteiger partial charge in [-0.2, -0.15) is 0 Å². The van der Waals surface area contributed by atoms with Crippen molar-refractivity contribution in [1.29, 1.82) is 0 Å². The zero-order valence-electron chi connectivity index (χ0n) is 21.6. The van der Waals surface area contributed by atoms with Gasteiger partial charge in [0.25, 0.3) is 0 Å². The summed E-state index contributed by atoms with van der Waals surface area (Å²) in [6, 6.07) is 9.87. The molecule has 0 radical (unpaired) electrons. The molecule has 6 heteroatoms. The monoisotopic (exact) mass is 488 g/mol. The van der Waals surface area contributed by atoms with Crippen LogP contribution >= 0.6 is 0 Å². The van der Waals surface area contributed by atoms with Gasteiger partial charge in [-0.05, 0) is 68.8 Å². The second kappa shape index (κ2) is 13.3. The summed E-state index contributed by atoms with van der Waals surface area (Å²) in [5, 5.41) is 19.4. The fraction of sp³-hybridized carbons (Fsp3) is 0.607. The summed E-state index contributed by atoms with van der Waals surface area (Å²) < 4.78 is 12.8. The van der Waals surface area contributed by atoms with Crippen LogP contribution in [0.3, 0.4) is 0 Å². The zero-order chi connectivity index (χ0) is 25.2. The van der Waals surface area contributed by atoms with Crippen molar-refractivity contribution in [1.82, 2.24) is 0 Å². The van der Waals surface area contributed by atoms with Crippen LogP contribution in [0.25, 0.3) is 0 Å². The molecule has 0 unspecified atom stereocenters. The van der Waals surface area contributed by atoms with Gasteiger partial charge in [-0.15, -0.1) is 0 Å². The summed E-state index contributed by atoms with van der Waals surface area (Å²) in [7, 11) is -1.96. The predicted molar refractivity (Wildman–Crippen MR) is 141 cm³/mol. The molecule has 1 aromatic rings. The first kappa shape index (κ1) is 28.3. The molecule has 1 aliphatic rings. The van der Waals surface area contributed by atoms with E-state index in [-0.39, 0.29) is 29.6 Å². The van der Waals surface area contributed by atoms with Gasteiger partial charge in [-0.1, -0.05) is 62.8 Å². The van der Waals surface area contributed by atoms with E-state index in [1.807, 2.05) is 36.4 Å². The normalized spacial score (nSPS) is 19.9. The molecule has 5 nitrogen and oxygen atoms in total. The summed E-state index contributed by atoms with van der Waals surface area (Å²) in [5.41, 5.74) is 1.30. The highest BCUT2D eigenvalue weighted by molar-refractivity contribution is 6.74. The Balaban J connectivity index is 1.96. The van der Waals surface area contributed by atoms with Gasteiger partial charge >= 0.3 is 5.97 Å². The first-order chi connectivity index (χ1) is 16.0. The van der Waals surface area contributed by atoms with Crippen LogP contribution in [0.1, 0.15) is 65.7 Å². The summed E-state index contributed by atoms with van der Waals surface area (Å²) in [6.45, 7) is 11.8. The number of aliphatic hydroxyl groups excluding tert-OH is 1. The van der Waals surface area contributed by atoms with Crippen LogP contribution in [0, 0.1) is 5.92 Å². The number of benzene rings is 1. The molecule has 0 bridgehead atoms. The first-order valence-electron chi connectivity index (χ1n) is 12.6. The highest BCUT2D eigenvalue weighted by Gasteiger charge is 2.39. The fourth-order valence-electron chi connectivity index (χ4n) is 3.97. The van der Waals surface area contributed by atoms with E-state index in [0.29, 0.717) is 19.4 Å². The van der Waals surface area contributed by atoms with Crippen molar-refractivity contribution in [2.24, 2.45) is 5.92 Å². The van der Waals surface area contributed by atoms with Crippen molar-refractivity contribution in [3.63, 3.8) is 0 Å². The molecule has 2 N–H and O–H groups in total. The molecule has 0 aliphatic heterocycles. The van der Waals surface area contributed by atoms with Crippen molar-refractivity contribution in [3.05, 3.63) is 54.1 Å². The number of ether oxygens (including phenoxy) is 1. The number of hydrogen-bond donors (Lipinski definition) is 2. The molecule has 0 aromatic heterocycles. The van der Waals surface area contributed by atoms with E-state index in [0.717, 1.165) is 31.4 Å². The molecule has 34 heavy (non-hydrogen) atoms. The lowest BCUT2D eigenvalue weighted by atomic mass is 9.91. The maximum atomic E-state index is 10.6. The number of carboxylic acid groups (broad SMARTS) is 1. The molecule has 1 aliphatic carbocycles. The third-order valence-corrected chi connectivity index (χ3v) is 11.6. The van der Waals surface area contributed by atoms with E-state index in [9.17, 15) is 9.90 Å². The van der Waals surface area contributed by atoms with Gasteiger partial charge in [-0.25, -0.2) is 0 Å². The second-order valence-electron chi connectivity index (χ2n) is 10.8. The molecule has 0 saturated carbocycles. The van der Waals surface area contributed by atoms with Gasteiger partial charge < -0.3 is 19.4 Å². The highest BCUT2D eigenvalue weighted by Crippen LogP contribution is 2.39. The van der Waals surface area contributed by atoms with Crippen molar-refractivity contribution in [2.75, 3.05) is 6.61 Å². The quantitative estimate of drug-likeness (QED) is 0.172. The lowest BCUT2D eigenvalue weighted by Crippen LogP contribution is -2.45. The third kappa shape index (κ3) is 9.39. The molecule has 0 amide bonds. The first-order valence-corrected chi connectivity index (χ1v) is 15.5. The highest BCUT2D eigenvalue weighted by atomic mass is 28.4. The lowest BCUT2D eigenvalue weighted by molar-refractivity contribution is -0.137. The number of aliphatic hydroxyl groups is 1. The van der Waals surface area contributed by atoms with Crippen LogP contribution in [0.15, 0.2) is 54.1 Å². The Morgan fingerprint density at radius 3 is 2.56 bits per heavy atom. The SMILES string of the molecule is CC(C)(C)[Si](C)(C)O[C@H](CCC1=CC[C@H](O)[C@@H]1C/C=C\CCCC(=O)O)COc1ccccc1. The van der Waals surface area contributed by atoms with E-state index in [1.54, 1.807) is 0 Å². The number of carboxylic acids is 1. The number of unbranched alkanes of at least 4 members (excludes halogenated alkanes) is 1. The molecule has 2 rings (SSSR count). The van der Waals surface area contributed by atoms with Crippen LogP contribution in [0.5, 0.6) is 5.75 Å². The Morgan fingerprint density at radius 1 is 1.21 bits per heavy atom. The zero-order valence-corrected chi connectivity index (χ0v) is 22.6. The van der Waals surface area contributed by atoms with Crippen molar-refractivity contribution >= 4 is 14.3 Å². The smallest absolute Gasteiger partial charge is 0.303 e. The Kier molecular flexibility index (Phi) is 11.1. The number of para-hydroxylation sites is 1. The molecule has 190 valence electrons.